The second kappa shape index (κ2) is 7.67. The number of carbonyl (C=O) groups is 1. The zero-order valence-corrected chi connectivity index (χ0v) is 15.0. The first kappa shape index (κ1) is 17.4. The Balaban J connectivity index is 1.56. The highest BCUT2D eigenvalue weighted by Crippen LogP contribution is 2.36. The lowest BCUT2D eigenvalue weighted by Gasteiger charge is -2.20. The van der Waals surface area contributed by atoms with Gasteiger partial charge in [-0.1, -0.05) is 12.1 Å². The molecule has 1 N–H and O–H groups in total. The van der Waals surface area contributed by atoms with Gasteiger partial charge in [0.2, 0.25) is 5.91 Å². The molecule has 2 atom stereocenters. The van der Waals surface area contributed by atoms with Crippen LogP contribution in [-0.2, 0) is 16.1 Å². The van der Waals surface area contributed by atoms with Crippen LogP contribution >= 0.6 is 0 Å². The molecule has 0 aliphatic carbocycles. The van der Waals surface area contributed by atoms with E-state index in [0.29, 0.717) is 25.3 Å². The van der Waals surface area contributed by atoms with Crippen molar-refractivity contribution < 1.29 is 18.7 Å². The minimum Gasteiger partial charge on any atom is -0.494 e. The number of carbonyl (C=O) groups excluding carboxylic acids is 1. The van der Waals surface area contributed by atoms with Crippen molar-refractivity contribution in [1.29, 1.82) is 0 Å². The Morgan fingerprint density at radius 2 is 2.22 bits per heavy atom. The van der Waals surface area contributed by atoms with E-state index in [1.54, 1.807) is 30.5 Å². The van der Waals surface area contributed by atoms with E-state index in [1.807, 2.05) is 36.4 Å². The van der Waals surface area contributed by atoms with Gasteiger partial charge in [0.1, 0.15) is 17.5 Å². The van der Waals surface area contributed by atoms with Gasteiger partial charge in [0, 0.05) is 24.9 Å². The van der Waals surface area contributed by atoms with E-state index in [-0.39, 0.29) is 17.9 Å². The summed E-state index contributed by atoms with van der Waals surface area (Å²) in [5.41, 5.74) is 2.58. The van der Waals surface area contributed by atoms with Crippen LogP contribution < -0.4 is 10.1 Å². The summed E-state index contributed by atoms with van der Waals surface area (Å²) in [6.45, 7) is 0.968. The van der Waals surface area contributed by atoms with Gasteiger partial charge in [-0.3, -0.25) is 4.79 Å². The quantitative estimate of drug-likeness (QED) is 0.725. The molecule has 7 heteroatoms. The number of rotatable bonds is 6. The van der Waals surface area contributed by atoms with Crippen molar-refractivity contribution in [3.05, 3.63) is 66.4 Å². The minimum atomic E-state index is -0.359. The summed E-state index contributed by atoms with van der Waals surface area (Å²) in [6, 6.07) is 11.4. The standard InChI is InChI=1S/C20H21N3O4/c1-25-18-5-3-2-4-16(18)23-17(6-9-22-23)19-15(8-11-27-19)20(24)21-12-14-7-10-26-13-14/h2-7,9-10,13,15,19H,8,11-12H2,1H3,(H,21,24)/t15-,19-/m0/s1. The highest BCUT2D eigenvalue weighted by atomic mass is 16.5. The smallest absolute Gasteiger partial charge is 0.226 e. The number of nitrogens with zero attached hydrogens (tertiary/aromatic N) is 2. The van der Waals surface area contributed by atoms with Gasteiger partial charge in [0.15, 0.2) is 0 Å². The Hall–Kier alpha value is -3.06. The van der Waals surface area contributed by atoms with E-state index < -0.39 is 0 Å². The molecule has 4 rings (SSSR count). The lowest BCUT2D eigenvalue weighted by molar-refractivity contribution is -0.127. The van der Waals surface area contributed by atoms with Gasteiger partial charge >= 0.3 is 0 Å². The lowest BCUT2D eigenvalue weighted by atomic mass is 9.97. The monoisotopic (exact) mass is 367 g/mol. The molecule has 2 aromatic heterocycles. The molecule has 1 aliphatic rings. The molecule has 0 bridgehead atoms. The number of benzene rings is 1. The maximum absolute atomic E-state index is 12.7. The van der Waals surface area contributed by atoms with E-state index in [4.69, 9.17) is 13.9 Å². The van der Waals surface area contributed by atoms with Gasteiger partial charge < -0.3 is 19.2 Å². The Kier molecular flexibility index (Phi) is 4.93. The zero-order chi connectivity index (χ0) is 18.6. The van der Waals surface area contributed by atoms with E-state index in [2.05, 4.69) is 10.4 Å². The summed E-state index contributed by atoms with van der Waals surface area (Å²) < 4.78 is 18.2. The highest BCUT2D eigenvalue weighted by Gasteiger charge is 2.37. The summed E-state index contributed by atoms with van der Waals surface area (Å²) in [5, 5.41) is 7.40. The molecule has 140 valence electrons. The van der Waals surface area contributed by atoms with Crippen molar-refractivity contribution >= 4 is 5.91 Å². The highest BCUT2D eigenvalue weighted by molar-refractivity contribution is 5.79. The molecule has 1 fully saturated rings. The van der Waals surface area contributed by atoms with Gasteiger partial charge in [0.05, 0.1) is 31.2 Å². The van der Waals surface area contributed by atoms with Crippen LogP contribution in [0, 0.1) is 5.92 Å². The van der Waals surface area contributed by atoms with Crippen LogP contribution in [0.5, 0.6) is 5.75 Å². The fraction of sp³-hybridized carbons (Fsp3) is 0.300. The van der Waals surface area contributed by atoms with Gasteiger partial charge in [-0.2, -0.15) is 5.10 Å². The third kappa shape index (κ3) is 3.46. The first-order valence-electron chi connectivity index (χ1n) is 8.85. The van der Waals surface area contributed by atoms with Crippen molar-refractivity contribution in [2.75, 3.05) is 13.7 Å². The molecule has 1 aliphatic heterocycles. The van der Waals surface area contributed by atoms with Crippen molar-refractivity contribution in [3.8, 4) is 11.4 Å². The number of amides is 1. The first-order valence-corrected chi connectivity index (χ1v) is 8.85. The Bertz CT molecular complexity index is 904. The first-order chi connectivity index (χ1) is 13.3. The van der Waals surface area contributed by atoms with Crippen molar-refractivity contribution in [2.45, 2.75) is 19.1 Å². The lowest BCUT2D eigenvalue weighted by Crippen LogP contribution is -2.32. The Labute approximate surface area is 156 Å². The third-order valence-corrected chi connectivity index (χ3v) is 4.75. The van der Waals surface area contributed by atoms with Crippen LogP contribution in [0.4, 0.5) is 0 Å². The van der Waals surface area contributed by atoms with Gasteiger partial charge in [0.25, 0.3) is 0 Å². The summed E-state index contributed by atoms with van der Waals surface area (Å²) >= 11 is 0. The molecule has 0 unspecified atom stereocenters. The molecule has 3 heterocycles. The molecular formula is C20H21N3O4. The average Bonchev–Trinajstić information content (AvgIpc) is 3.46. The number of ether oxygens (including phenoxy) is 2. The van der Waals surface area contributed by atoms with E-state index in [9.17, 15) is 4.79 Å². The van der Waals surface area contributed by atoms with Crippen LogP contribution in [0.2, 0.25) is 0 Å². The summed E-state index contributed by atoms with van der Waals surface area (Å²) in [5.74, 6) is 0.398. The molecule has 1 aromatic carbocycles. The number of hydrogen-bond acceptors (Lipinski definition) is 5. The Morgan fingerprint density at radius 1 is 1.33 bits per heavy atom. The number of aromatic nitrogens is 2. The van der Waals surface area contributed by atoms with Gasteiger partial charge in [-0.05, 0) is 30.7 Å². The van der Waals surface area contributed by atoms with Crippen LogP contribution in [0.1, 0.15) is 23.8 Å². The summed E-state index contributed by atoms with van der Waals surface area (Å²) in [6.07, 6.45) is 5.24. The predicted molar refractivity (Wildman–Crippen MR) is 97.5 cm³/mol. The second-order valence-electron chi connectivity index (χ2n) is 6.38. The molecule has 0 radical (unpaired) electrons. The SMILES string of the molecule is COc1ccccc1-n1nccc1[C@H]1OCC[C@@H]1C(=O)NCc1ccoc1. The van der Waals surface area contributed by atoms with E-state index >= 15 is 0 Å². The summed E-state index contributed by atoms with van der Waals surface area (Å²) in [4.78, 5) is 12.7. The second-order valence-corrected chi connectivity index (χ2v) is 6.38. The molecule has 0 spiro atoms. The zero-order valence-electron chi connectivity index (χ0n) is 15.0. The molecule has 0 saturated carbocycles. The van der Waals surface area contributed by atoms with Crippen LogP contribution in [0.25, 0.3) is 5.69 Å². The molecule has 1 amide bonds. The molecular weight excluding hydrogens is 346 g/mol. The Morgan fingerprint density at radius 3 is 3.04 bits per heavy atom. The van der Waals surface area contributed by atoms with Crippen molar-refractivity contribution in [3.63, 3.8) is 0 Å². The van der Waals surface area contributed by atoms with Crippen LogP contribution in [0.3, 0.4) is 0 Å². The summed E-state index contributed by atoms with van der Waals surface area (Å²) in [7, 11) is 1.63. The number of nitrogens with one attached hydrogen (secondary N) is 1. The number of hydrogen-bond donors (Lipinski definition) is 1. The average molecular weight is 367 g/mol. The van der Waals surface area contributed by atoms with Crippen LogP contribution in [0.15, 0.2) is 59.5 Å². The molecule has 1 saturated heterocycles. The topological polar surface area (TPSA) is 78.5 Å². The number of furan rings is 1. The molecule has 3 aromatic rings. The largest absolute Gasteiger partial charge is 0.494 e. The number of methoxy groups -OCH3 is 1. The maximum atomic E-state index is 12.7. The van der Waals surface area contributed by atoms with Gasteiger partial charge in [-0.15, -0.1) is 0 Å². The maximum Gasteiger partial charge on any atom is 0.226 e. The predicted octanol–water partition coefficient (Wildman–Crippen LogP) is 2.87. The molecule has 27 heavy (non-hydrogen) atoms. The fourth-order valence-electron chi connectivity index (χ4n) is 3.40. The normalized spacial score (nSPS) is 19.1. The third-order valence-electron chi connectivity index (χ3n) is 4.75. The van der Waals surface area contributed by atoms with Gasteiger partial charge in [-0.25, -0.2) is 4.68 Å². The van der Waals surface area contributed by atoms with Crippen molar-refractivity contribution in [1.82, 2.24) is 15.1 Å². The van der Waals surface area contributed by atoms with E-state index in [1.165, 1.54) is 0 Å². The van der Waals surface area contributed by atoms with Crippen molar-refractivity contribution in [2.24, 2.45) is 5.92 Å². The van der Waals surface area contributed by atoms with Crippen LogP contribution in [-0.4, -0.2) is 29.4 Å². The number of para-hydroxylation sites is 2. The van der Waals surface area contributed by atoms with E-state index in [0.717, 1.165) is 16.9 Å². The minimum absolute atomic E-state index is 0.0357. The fourth-order valence-corrected chi connectivity index (χ4v) is 3.40. The molecule has 7 nitrogen and oxygen atoms in total.